The number of carbonyl (C=O) groups is 1. The van der Waals surface area contributed by atoms with Crippen molar-refractivity contribution in [3.8, 4) is 11.3 Å². The molecule has 3 aromatic rings. The highest BCUT2D eigenvalue weighted by atomic mass is 19.4. The van der Waals surface area contributed by atoms with E-state index >= 15 is 0 Å². The van der Waals surface area contributed by atoms with Crippen molar-refractivity contribution < 1.29 is 31.9 Å². The van der Waals surface area contributed by atoms with E-state index in [4.69, 9.17) is 0 Å². The molecule has 0 spiro atoms. The van der Waals surface area contributed by atoms with Gasteiger partial charge in [-0.05, 0) is 73.0 Å². The van der Waals surface area contributed by atoms with E-state index in [1.54, 1.807) is 13.0 Å². The van der Waals surface area contributed by atoms with E-state index in [9.17, 15) is 31.9 Å². The van der Waals surface area contributed by atoms with Crippen molar-refractivity contribution in [3.05, 3.63) is 88.1 Å². The van der Waals surface area contributed by atoms with E-state index in [-0.39, 0.29) is 11.3 Å². The molecule has 1 heterocycles. The quantitative estimate of drug-likeness (QED) is 0.516. The Hall–Kier alpha value is -3.33. The number of pyridine rings is 1. The molecule has 0 fully saturated rings. The van der Waals surface area contributed by atoms with Crippen molar-refractivity contribution in [2.75, 3.05) is 0 Å². The first-order valence-corrected chi connectivity index (χ1v) is 9.55. The molecule has 1 atom stereocenters. The topological polar surface area (TPSA) is 62.2 Å². The second-order valence-electron chi connectivity index (χ2n) is 7.30. The molecular weight excluding hydrogens is 431 g/mol. The molecule has 0 aliphatic rings. The van der Waals surface area contributed by atoms with Crippen molar-refractivity contribution in [2.45, 2.75) is 32.7 Å². The summed E-state index contributed by atoms with van der Waals surface area (Å²) in [6.45, 7) is 2.73. The van der Waals surface area contributed by atoms with Crippen LogP contribution in [0.15, 0.2) is 48.5 Å². The molecule has 4 nitrogen and oxygen atoms in total. The largest absolute Gasteiger partial charge is 0.419 e. The van der Waals surface area contributed by atoms with Crippen molar-refractivity contribution >= 4 is 5.91 Å². The highest BCUT2D eigenvalue weighted by Crippen LogP contribution is 2.33. The van der Waals surface area contributed by atoms with Crippen LogP contribution in [0.25, 0.3) is 11.3 Å². The van der Waals surface area contributed by atoms with Crippen LogP contribution in [0.2, 0.25) is 0 Å². The van der Waals surface area contributed by atoms with Gasteiger partial charge >= 0.3 is 6.18 Å². The van der Waals surface area contributed by atoms with E-state index in [1.165, 1.54) is 31.2 Å². The lowest BCUT2D eigenvalue weighted by Gasteiger charge is -2.17. The SMILES string of the molecule is Cc1cc(F)ccc1-c1cc(CO)cc(C(=O)N[C@H](C)c2ccc(F)c(C(F)(F)F)c2)n1. The first kappa shape index (κ1) is 23.3. The summed E-state index contributed by atoms with van der Waals surface area (Å²) in [5.41, 5.74) is 0.368. The molecule has 0 saturated heterocycles. The summed E-state index contributed by atoms with van der Waals surface area (Å²) in [5.74, 6) is -2.54. The zero-order valence-corrected chi connectivity index (χ0v) is 17.1. The number of amides is 1. The first-order valence-electron chi connectivity index (χ1n) is 9.55. The molecular formula is C23H19F5N2O2. The van der Waals surface area contributed by atoms with Gasteiger partial charge in [-0.25, -0.2) is 13.8 Å². The summed E-state index contributed by atoms with van der Waals surface area (Å²) in [6, 6.07) is 8.54. The predicted molar refractivity (Wildman–Crippen MR) is 108 cm³/mol. The van der Waals surface area contributed by atoms with Crippen LogP contribution in [0, 0.1) is 18.6 Å². The number of benzene rings is 2. The second kappa shape index (κ2) is 9.04. The third-order valence-electron chi connectivity index (χ3n) is 4.91. The zero-order chi connectivity index (χ0) is 23.6. The number of alkyl halides is 3. The normalized spacial score (nSPS) is 12.5. The Balaban J connectivity index is 1.91. The van der Waals surface area contributed by atoms with Gasteiger partial charge in [-0.15, -0.1) is 0 Å². The molecule has 0 aliphatic heterocycles. The summed E-state index contributed by atoms with van der Waals surface area (Å²) in [6.07, 6.45) is -4.87. The monoisotopic (exact) mass is 450 g/mol. The average molecular weight is 450 g/mol. The summed E-state index contributed by atoms with van der Waals surface area (Å²) in [7, 11) is 0. The van der Waals surface area contributed by atoms with Crippen LogP contribution < -0.4 is 5.32 Å². The van der Waals surface area contributed by atoms with Crippen LogP contribution in [0.3, 0.4) is 0 Å². The smallest absolute Gasteiger partial charge is 0.392 e. The molecule has 0 saturated carbocycles. The summed E-state index contributed by atoms with van der Waals surface area (Å²) < 4.78 is 65.9. The van der Waals surface area contributed by atoms with Gasteiger partial charge in [0.25, 0.3) is 5.91 Å². The van der Waals surface area contributed by atoms with Crippen molar-refractivity contribution in [1.29, 1.82) is 0 Å². The number of nitrogens with one attached hydrogen (secondary N) is 1. The lowest BCUT2D eigenvalue weighted by Crippen LogP contribution is -2.28. The number of hydrogen-bond acceptors (Lipinski definition) is 3. The Labute approximate surface area is 180 Å². The Bertz CT molecular complexity index is 1160. The minimum absolute atomic E-state index is 0.0555. The highest BCUT2D eigenvalue weighted by molar-refractivity contribution is 5.93. The van der Waals surface area contributed by atoms with Crippen LogP contribution >= 0.6 is 0 Å². The lowest BCUT2D eigenvalue weighted by molar-refractivity contribution is -0.140. The fourth-order valence-electron chi connectivity index (χ4n) is 3.23. The van der Waals surface area contributed by atoms with Crippen LogP contribution in [-0.4, -0.2) is 16.0 Å². The number of aryl methyl sites for hydroxylation is 1. The third kappa shape index (κ3) is 5.11. The number of rotatable bonds is 5. The zero-order valence-electron chi connectivity index (χ0n) is 17.1. The number of nitrogens with zero attached hydrogens (tertiary/aromatic N) is 1. The van der Waals surface area contributed by atoms with Crippen LogP contribution in [0.1, 0.15) is 45.7 Å². The van der Waals surface area contributed by atoms with Crippen molar-refractivity contribution in [3.63, 3.8) is 0 Å². The summed E-state index contributed by atoms with van der Waals surface area (Å²) in [4.78, 5) is 17.0. The fourth-order valence-corrected chi connectivity index (χ4v) is 3.23. The van der Waals surface area contributed by atoms with Gasteiger partial charge in [-0.2, -0.15) is 13.2 Å². The number of hydrogen-bond donors (Lipinski definition) is 2. The van der Waals surface area contributed by atoms with Gasteiger partial charge < -0.3 is 10.4 Å². The van der Waals surface area contributed by atoms with Crippen molar-refractivity contribution in [1.82, 2.24) is 10.3 Å². The molecule has 2 aromatic carbocycles. The summed E-state index contributed by atoms with van der Waals surface area (Å²) >= 11 is 0. The molecule has 32 heavy (non-hydrogen) atoms. The molecule has 1 aromatic heterocycles. The van der Waals surface area contributed by atoms with Gasteiger partial charge in [0.05, 0.1) is 23.9 Å². The van der Waals surface area contributed by atoms with Gasteiger partial charge in [-0.3, -0.25) is 4.79 Å². The van der Waals surface area contributed by atoms with Gasteiger partial charge in [0, 0.05) is 5.56 Å². The molecule has 9 heteroatoms. The Kier molecular flexibility index (Phi) is 6.59. The number of aliphatic hydroxyl groups excluding tert-OH is 1. The fraction of sp³-hybridized carbons (Fsp3) is 0.217. The molecule has 1 amide bonds. The van der Waals surface area contributed by atoms with Crippen molar-refractivity contribution in [2.24, 2.45) is 0 Å². The lowest BCUT2D eigenvalue weighted by atomic mass is 10.0. The number of aliphatic hydroxyl groups is 1. The van der Waals surface area contributed by atoms with E-state index < -0.39 is 41.9 Å². The minimum atomic E-state index is -4.87. The van der Waals surface area contributed by atoms with Gasteiger partial charge in [-0.1, -0.05) is 6.07 Å². The predicted octanol–water partition coefficient (Wildman–Crippen LogP) is 5.34. The first-order chi connectivity index (χ1) is 15.0. The third-order valence-corrected chi connectivity index (χ3v) is 4.91. The molecule has 2 N–H and O–H groups in total. The highest BCUT2D eigenvalue weighted by Gasteiger charge is 2.34. The summed E-state index contributed by atoms with van der Waals surface area (Å²) in [5, 5.41) is 12.1. The maximum atomic E-state index is 13.5. The molecule has 0 radical (unpaired) electrons. The molecule has 0 aliphatic carbocycles. The van der Waals surface area contributed by atoms with Gasteiger partial charge in [0.15, 0.2) is 0 Å². The van der Waals surface area contributed by atoms with E-state index in [0.29, 0.717) is 34.5 Å². The van der Waals surface area contributed by atoms with E-state index in [0.717, 1.165) is 6.07 Å². The van der Waals surface area contributed by atoms with Gasteiger partial charge in [0.2, 0.25) is 0 Å². The maximum Gasteiger partial charge on any atom is 0.419 e. The average Bonchev–Trinajstić information content (AvgIpc) is 2.72. The number of aromatic nitrogens is 1. The molecule has 0 bridgehead atoms. The molecule has 3 rings (SSSR count). The number of carbonyl (C=O) groups excluding carboxylic acids is 1. The van der Waals surface area contributed by atoms with Crippen LogP contribution in [-0.2, 0) is 12.8 Å². The second-order valence-corrected chi connectivity index (χ2v) is 7.30. The van der Waals surface area contributed by atoms with Crippen LogP contribution in [0.4, 0.5) is 22.0 Å². The van der Waals surface area contributed by atoms with E-state index in [1.807, 2.05) is 0 Å². The molecule has 168 valence electrons. The Morgan fingerprint density at radius 1 is 1.09 bits per heavy atom. The van der Waals surface area contributed by atoms with Gasteiger partial charge in [0.1, 0.15) is 17.3 Å². The minimum Gasteiger partial charge on any atom is -0.392 e. The Morgan fingerprint density at radius 2 is 1.81 bits per heavy atom. The maximum absolute atomic E-state index is 13.5. The van der Waals surface area contributed by atoms with Crippen LogP contribution in [0.5, 0.6) is 0 Å². The van der Waals surface area contributed by atoms with E-state index in [2.05, 4.69) is 10.3 Å². The molecule has 0 unspecified atom stereocenters. The standard InChI is InChI=1S/C23H19F5N2O2/c1-12-7-16(24)4-5-17(12)20-8-14(11-31)9-21(30-20)22(32)29-13(2)15-3-6-19(25)18(10-15)23(26,27)28/h3-10,13,31H,11H2,1-2H3,(H,29,32)/t13-/m1/s1. The number of halogens is 5. The Morgan fingerprint density at radius 3 is 2.44 bits per heavy atom.